The molecule has 2 aromatic rings. The highest BCUT2D eigenvalue weighted by Crippen LogP contribution is 2.30. The van der Waals surface area contributed by atoms with Crippen LogP contribution in [0.25, 0.3) is 0 Å². The molecule has 8 nitrogen and oxygen atoms in total. The maximum Gasteiger partial charge on any atom is 0.239 e. The van der Waals surface area contributed by atoms with Gasteiger partial charge in [0.1, 0.15) is 24.4 Å². The van der Waals surface area contributed by atoms with Crippen LogP contribution >= 0.6 is 0 Å². The van der Waals surface area contributed by atoms with Gasteiger partial charge in [0.15, 0.2) is 0 Å². The zero-order valence-electron chi connectivity index (χ0n) is 18.2. The van der Waals surface area contributed by atoms with E-state index in [2.05, 4.69) is 16.9 Å². The number of ether oxygens (including phenoxy) is 2. The minimum absolute atomic E-state index is 0.0769. The van der Waals surface area contributed by atoms with E-state index in [-0.39, 0.29) is 11.9 Å². The molecule has 1 aliphatic heterocycles. The molecule has 0 saturated carbocycles. The summed E-state index contributed by atoms with van der Waals surface area (Å²) in [5.74, 6) is 6.16. The fourth-order valence-electron chi connectivity index (χ4n) is 3.66. The number of rotatable bonds is 6. The molecule has 0 spiro atoms. The summed E-state index contributed by atoms with van der Waals surface area (Å²) in [7, 11) is 0. The van der Waals surface area contributed by atoms with Gasteiger partial charge in [-0.25, -0.2) is 0 Å². The lowest BCUT2D eigenvalue weighted by Crippen LogP contribution is -2.60. The van der Waals surface area contributed by atoms with E-state index < -0.39 is 37.3 Å². The van der Waals surface area contributed by atoms with Gasteiger partial charge < -0.3 is 29.9 Å². The van der Waals surface area contributed by atoms with Gasteiger partial charge in [0.2, 0.25) is 12.2 Å². The summed E-state index contributed by atoms with van der Waals surface area (Å²) in [6, 6.07) is 7.96. The summed E-state index contributed by atoms with van der Waals surface area (Å²) in [6.07, 6.45) is -6.26. The van der Waals surface area contributed by atoms with E-state index in [0.29, 0.717) is 6.42 Å². The minimum Gasteiger partial charge on any atom is -0.443 e. The van der Waals surface area contributed by atoms with Crippen LogP contribution in [0.2, 0.25) is 0 Å². The van der Waals surface area contributed by atoms with Crippen molar-refractivity contribution < 1.29 is 29.9 Å². The molecule has 4 N–H and O–H groups in total. The molecule has 0 bridgehead atoms. The van der Waals surface area contributed by atoms with Crippen molar-refractivity contribution in [2.45, 2.75) is 70.9 Å². The third kappa shape index (κ3) is 4.92. The number of benzene rings is 1. The van der Waals surface area contributed by atoms with E-state index in [1.54, 1.807) is 6.92 Å². The van der Waals surface area contributed by atoms with Gasteiger partial charge in [-0.3, -0.25) is 4.68 Å². The number of hydrogen-bond acceptors (Lipinski definition) is 7. The monoisotopic (exact) mass is 430 g/mol. The van der Waals surface area contributed by atoms with E-state index >= 15 is 0 Å². The summed E-state index contributed by atoms with van der Waals surface area (Å²) in [4.78, 5) is 0. The van der Waals surface area contributed by atoms with Gasteiger partial charge >= 0.3 is 0 Å². The first kappa shape index (κ1) is 23.3. The van der Waals surface area contributed by atoms with E-state index in [0.717, 1.165) is 22.4 Å². The molecule has 168 valence electrons. The molecule has 31 heavy (non-hydrogen) atoms. The van der Waals surface area contributed by atoms with Crippen molar-refractivity contribution in [3.63, 3.8) is 0 Å². The van der Waals surface area contributed by atoms with Crippen molar-refractivity contribution >= 4 is 0 Å². The Labute approximate surface area is 182 Å². The van der Waals surface area contributed by atoms with Gasteiger partial charge in [0, 0.05) is 29.3 Å². The average molecular weight is 431 g/mol. The predicted octanol–water partition coefficient (Wildman–Crippen LogP) is 0.913. The number of hydrogen-bond donors (Lipinski definition) is 4. The smallest absolute Gasteiger partial charge is 0.239 e. The average Bonchev–Trinajstić information content (AvgIpc) is 3.05. The largest absolute Gasteiger partial charge is 0.443 e. The summed E-state index contributed by atoms with van der Waals surface area (Å²) < 4.78 is 13.2. The van der Waals surface area contributed by atoms with Crippen LogP contribution in [0.15, 0.2) is 24.3 Å². The third-order valence-corrected chi connectivity index (χ3v) is 5.41. The molecule has 2 heterocycles. The summed E-state index contributed by atoms with van der Waals surface area (Å²) in [5, 5.41) is 44.4. The first-order valence-corrected chi connectivity index (χ1v) is 10.3. The predicted molar refractivity (Wildman–Crippen MR) is 114 cm³/mol. The summed E-state index contributed by atoms with van der Waals surface area (Å²) in [6.45, 7) is 7.21. The lowest BCUT2D eigenvalue weighted by Gasteiger charge is -2.39. The summed E-state index contributed by atoms with van der Waals surface area (Å²) >= 11 is 0. The molecule has 0 unspecified atom stereocenters. The van der Waals surface area contributed by atoms with Crippen molar-refractivity contribution in [1.29, 1.82) is 0 Å². The van der Waals surface area contributed by atoms with Crippen molar-refractivity contribution in [3.8, 4) is 17.7 Å². The van der Waals surface area contributed by atoms with Crippen LogP contribution < -0.4 is 4.74 Å². The van der Waals surface area contributed by atoms with E-state index in [1.807, 2.05) is 49.7 Å². The highest BCUT2D eigenvalue weighted by molar-refractivity contribution is 5.40. The fraction of sp³-hybridized carbons (Fsp3) is 0.522. The maximum atomic E-state index is 10.3. The summed E-state index contributed by atoms with van der Waals surface area (Å²) in [5.41, 5.74) is 3.69. The second-order valence-corrected chi connectivity index (χ2v) is 7.97. The number of aliphatic hydroxyl groups excluding tert-OH is 4. The Morgan fingerprint density at radius 2 is 1.81 bits per heavy atom. The zero-order valence-corrected chi connectivity index (χ0v) is 18.2. The van der Waals surface area contributed by atoms with Gasteiger partial charge in [-0.1, -0.05) is 18.1 Å². The molecule has 3 rings (SSSR count). The van der Waals surface area contributed by atoms with E-state index in [9.17, 15) is 20.4 Å². The van der Waals surface area contributed by atoms with E-state index in [4.69, 9.17) is 9.47 Å². The Bertz CT molecular complexity index is 941. The van der Waals surface area contributed by atoms with Crippen LogP contribution in [0.4, 0.5) is 0 Å². The van der Waals surface area contributed by atoms with Crippen molar-refractivity contribution in [2.24, 2.45) is 0 Å². The van der Waals surface area contributed by atoms with Gasteiger partial charge in [0.05, 0.1) is 6.61 Å². The number of nitrogens with zero attached hydrogens (tertiary/aromatic N) is 2. The van der Waals surface area contributed by atoms with Crippen LogP contribution in [-0.4, -0.2) is 67.5 Å². The molecule has 1 saturated heterocycles. The fourth-order valence-corrected chi connectivity index (χ4v) is 3.66. The molecule has 0 aliphatic carbocycles. The molecule has 1 fully saturated rings. The SMILES string of the molecule is CC#Cc1ccc(Cc2c(O[C@H]3O[C@H](CO)[C@@H](O)[C@H](O)[C@H]3O)nn(C(C)C)c2C)cc1. The van der Waals surface area contributed by atoms with Gasteiger partial charge in [-0.15, -0.1) is 11.0 Å². The topological polar surface area (TPSA) is 117 Å². The first-order chi connectivity index (χ1) is 14.8. The Kier molecular flexibility index (Phi) is 7.36. The molecule has 1 aliphatic rings. The van der Waals surface area contributed by atoms with Crippen LogP contribution in [0.5, 0.6) is 5.88 Å². The molecular weight excluding hydrogens is 400 g/mol. The second kappa shape index (κ2) is 9.81. The highest BCUT2D eigenvalue weighted by atomic mass is 16.7. The quantitative estimate of drug-likeness (QED) is 0.503. The second-order valence-electron chi connectivity index (χ2n) is 7.97. The van der Waals surface area contributed by atoms with Gasteiger partial charge in [-0.2, -0.15) is 0 Å². The highest BCUT2D eigenvalue weighted by Gasteiger charge is 2.45. The Morgan fingerprint density at radius 1 is 1.13 bits per heavy atom. The molecule has 1 aromatic carbocycles. The Morgan fingerprint density at radius 3 is 2.39 bits per heavy atom. The molecule has 0 amide bonds. The number of aliphatic hydroxyl groups is 4. The molecule has 8 heteroatoms. The normalized spacial score (nSPS) is 25.9. The van der Waals surface area contributed by atoms with Crippen molar-refractivity contribution in [2.75, 3.05) is 6.61 Å². The Hall–Kier alpha value is -2.41. The third-order valence-electron chi connectivity index (χ3n) is 5.41. The van der Waals surface area contributed by atoms with Crippen LogP contribution in [0, 0.1) is 18.8 Å². The molecular formula is C23H30N2O6. The van der Waals surface area contributed by atoms with Crippen molar-refractivity contribution in [1.82, 2.24) is 9.78 Å². The van der Waals surface area contributed by atoms with Gasteiger partial charge in [-0.05, 0) is 45.4 Å². The van der Waals surface area contributed by atoms with E-state index in [1.165, 1.54) is 0 Å². The zero-order chi connectivity index (χ0) is 22.7. The maximum absolute atomic E-state index is 10.3. The van der Waals surface area contributed by atoms with Gasteiger partial charge in [0.25, 0.3) is 0 Å². The van der Waals surface area contributed by atoms with Crippen LogP contribution in [0.1, 0.15) is 49.2 Å². The lowest BCUT2D eigenvalue weighted by atomic mass is 9.99. The number of aromatic nitrogens is 2. The lowest BCUT2D eigenvalue weighted by molar-refractivity contribution is -0.278. The molecule has 0 radical (unpaired) electrons. The minimum atomic E-state index is -1.51. The molecule has 1 aromatic heterocycles. The van der Waals surface area contributed by atoms with Crippen LogP contribution in [0.3, 0.4) is 0 Å². The standard InChI is InChI=1S/C23H30N2O6/c1-5-6-15-7-9-16(10-8-15)11-17-14(4)25(13(2)3)24-22(17)31-23-21(29)20(28)19(27)18(12-26)30-23/h7-10,13,18-21,23,26-29H,11-12H2,1-4H3/t18-,19-,20+,21-,23-/m1/s1. The first-order valence-electron chi connectivity index (χ1n) is 10.3. The Balaban J connectivity index is 1.90. The van der Waals surface area contributed by atoms with Crippen molar-refractivity contribution in [3.05, 3.63) is 46.6 Å². The molecule has 5 atom stereocenters. The van der Waals surface area contributed by atoms with Crippen LogP contribution in [-0.2, 0) is 11.2 Å².